The topological polar surface area (TPSA) is 88.4 Å². The quantitative estimate of drug-likeness (QED) is 0.443. The van der Waals surface area contributed by atoms with Crippen LogP contribution in [0.2, 0.25) is 0 Å². The minimum absolute atomic E-state index is 0.390. The van der Waals surface area contributed by atoms with E-state index in [2.05, 4.69) is 39.0 Å². The van der Waals surface area contributed by atoms with E-state index in [1.807, 2.05) is 34.9 Å². The highest BCUT2D eigenvalue weighted by atomic mass is 16.5. The number of imidazole rings is 1. The molecule has 0 aliphatic carbocycles. The number of anilines is 2. The summed E-state index contributed by atoms with van der Waals surface area (Å²) in [6, 6.07) is 18.4. The Labute approximate surface area is 203 Å². The Morgan fingerprint density at radius 3 is 2.31 bits per heavy atom. The van der Waals surface area contributed by atoms with E-state index >= 15 is 0 Å². The molecule has 0 spiro atoms. The van der Waals surface area contributed by atoms with Gasteiger partial charge in [0.1, 0.15) is 5.75 Å². The van der Waals surface area contributed by atoms with Crippen molar-refractivity contribution >= 4 is 22.8 Å². The van der Waals surface area contributed by atoms with Crippen LogP contribution in [0.3, 0.4) is 0 Å². The molecule has 2 aromatic heterocycles. The number of hydrogen-bond acceptors (Lipinski definition) is 6. The third-order valence-electron chi connectivity index (χ3n) is 6.68. The predicted molar refractivity (Wildman–Crippen MR) is 138 cm³/mol. The summed E-state index contributed by atoms with van der Waals surface area (Å²) in [6.07, 6.45) is 1.76. The van der Waals surface area contributed by atoms with Gasteiger partial charge in [0.15, 0.2) is 11.2 Å². The molecule has 1 N–H and O–H groups in total. The number of aryl methyl sites for hydroxylation is 3. The van der Waals surface area contributed by atoms with Crippen LogP contribution in [0.4, 0.5) is 11.6 Å². The monoisotopic (exact) mass is 474 g/mol. The van der Waals surface area contributed by atoms with Gasteiger partial charge in [-0.3, -0.25) is 14.3 Å². The number of nitrogens with zero attached hydrogens (tertiary/aromatic N) is 5. The van der Waals surface area contributed by atoms with E-state index < -0.39 is 11.2 Å². The molecule has 0 unspecified atom stereocenters. The highest BCUT2D eigenvalue weighted by Gasteiger charge is 2.25. The first-order chi connectivity index (χ1) is 17.0. The van der Waals surface area contributed by atoms with E-state index in [4.69, 9.17) is 9.72 Å². The van der Waals surface area contributed by atoms with Gasteiger partial charge in [0.2, 0.25) is 5.95 Å². The van der Waals surface area contributed by atoms with E-state index in [1.165, 1.54) is 10.1 Å². The fourth-order valence-electron chi connectivity index (χ4n) is 4.72. The minimum atomic E-state index is -0.452. The fraction of sp³-hybridized carbons (Fsp3) is 0.346. The van der Waals surface area contributed by atoms with Gasteiger partial charge in [0.25, 0.3) is 5.56 Å². The second-order valence-electron chi connectivity index (χ2n) is 8.82. The standard InChI is InChI=1S/C26H30N6O3/c1-29-23-22(24(33)28-26(29)34)32(14-6-9-19-7-4-3-5-8-19)25(27-23)31-17-15-30(16-18-31)20-10-12-21(35-2)13-11-20/h3-5,7-8,10-13H,6,9,14-18H2,1-2H3,(H,28,33,34). The number of methoxy groups -OCH3 is 1. The number of ether oxygens (including phenoxy) is 1. The maximum atomic E-state index is 12.8. The summed E-state index contributed by atoms with van der Waals surface area (Å²) < 4.78 is 8.68. The van der Waals surface area contributed by atoms with Crippen molar-refractivity contribution in [1.29, 1.82) is 0 Å². The summed E-state index contributed by atoms with van der Waals surface area (Å²) in [5, 5.41) is 0. The van der Waals surface area contributed by atoms with Crippen LogP contribution >= 0.6 is 0 Å². The van der Waals surface area contributed by atoms with Crippen molar-refractivity contribution in [3.05, 3.63) is 81.0 Å². The molecule has 1 aliphatic heterocycles. The molecule has 182 valence electrons. The number of fused-ring (bicyclic) bond motifs is 1. The van der Waals surface area contributed by atoms with Crippen LogP contribution in [0.5, 0.6) is 5.75 Å². The molecule has 1 fully saturated rings. The summed E-state index contributed by atoms with van der Waals surface area (Å²) in [6.45, 7) is 3.82. The zero-order valence-electron chi connectivity index (χ0n) is 20.1. The molecule has 0 bridgehead atoms. The molecular weight excluding hydrogens is 444 g/mol. The lowest BCUT2D eigenvalue weighted by atomic mass is 10.1. The predicted octanol–water partition coefficient (Wildman–Crippen LogP) is 2.39. The highest BCUT2D eigenvalue weighted by molar-refractivity contribution is 5.74. The maximum absolute atomic E-state index is 12.8. The van der Waals surface area contributed by atoms with E-state index in [9.17, 15) is 9.59 Å². The molecule has 0 saturated carbocycles. The number of hydrogen-bond donors (Lipinski definition) is 1. The Balaban J connectivity index is 1.41. The summed E-state index contributed by atoms with van der Waals surface area (Å²) in [5.41, 5.74) is 2.44. The van der Waals surface area contributed by atoms with E-state index in [1.54, 1.807) is 14.2 Å². The Kier molecular flexibility index (Phi) is 6.31. The Bertz CT molecular complexity index is 1410. The van der Waals surface area contributed by atoms with Crippen molar-refractivity contribution in [3.8, 4) is 5.75 Å². The third-order valence-corrected chi connectivity index (χ3v) is 6.68. The third kappa shape index (κ3) is 4.53. The number of H-pyrrole nitrogens is 1. The van der Waals surface area contributed by atoms with Crippen LogP contribution in [0.25, 0.3) is 11.2 Å². The number of nitrogens with one attached hydrogen (secondary N) is 1. The van der Waals surface area contributed by atoms with Gasteiger partial charge in [-0.05, 0) is 42.7 Å². The van der Waals surface area contributed by atoms with Gasteiger partial charge in [-0.1, -0.05) is 30.3 Å². The lowest BCUT2D eigenvalue weighted by Crippen LogP contribution is -2.47. The molecule has 3 heterocycles. The molecular formula is C26H30N6O3. The van der Waals surface area contributed by atoms with Crippen LogP contribution in [0.1, 0.15) is 12.0 Å². The Morgan fingerprint density at radius 1 is 0.943 bits per heavy atom. The van der Waals surface area contributed by atoms with Crippen LogP contribution in [0.15, 0.2) is 64.2 Å². The van der Waals surface area contributed by atoms with Gasteiger partial charge < -0.3 is 19.1 Å². The second kappa shape index (κ2) is 9.69. The SMILES string of the molecule is COc1ccc(N2CCN(c3nc4c(c(=O)[nH]c(=O)n4C)n3CCCc3ccccc3)CC2)cc1. The molecule has 1 saturated heterocycles. The zero-order chi connectivity index (χ0) is 24.4. The van der Waals surface area contributed by atoms with Crippen LogP contribution in [0, 0.1) is 0 Å². The van der Waals surface area contributed by atoms with Gasteiger partial charge in [-0.25, -0.2) is 4.79 Å². The van der Waals surface area contributed by atoms with E-state index in [0.29, 0.717) is 17.7 Å². The molecule has 1 aliphatic rings. The average Bonchev–Trinajstić information content (AvgIpc) is 3.28. The number of benzene rings is 2. The van der Waals surface area contributed by atoms with Crippen LogP contribution < -0.4 is 25.8 Å². The van der Waals surface area contributed by atoms with Crippen molar-refractivity contribution in [2.45, 2.75) is 19.4 Å². The van der Waals surface area contributed by atoms with Crippen LogP contribution in [-0.4, -0.2) is 52.4 Å². The summed E-state index contributed by atoms with van der Waals surface area (Å²) >= 11 is 0. The first-order valence-corrected chi connectivity index (χ1v) is 11.9. The molecule has 0 amide bonds. The number of rotatable bonds is 7. The van der Waals surface area contributed by atoms with Gasteiger partial charge in [-0.2, -0.15) is 4.98 Å². The first-order valence-electron chi connectivity index (χ1n) is 11.9. The number of aromatic amines is 1. The zero-order valence-corrected chi connectivity index (χ0v) is 20.1. The molecule has 9 heteroatoms. The van der Waals surface area contributed by atoms with Gasteiger partial charge >= 0.3 is 5.69 Å². The number of aromatic nitrogens is 4. The smallest absolute Gasteiger partial charge is 0.329 e. The summed E-state index contributed by atoms with van der Waals surface area (Å²) in [5.74, 6) is 1.58. The largest absolute Gasteiger partial charge is 0.497 e. The molecule has 2 aromatic carbocycles. The van der Waals surface area contributed by atoms with Crippen molar-refractivity contribution in [2.24, 2.45) is 7.05 Å². The lowest BCUT2D eigenvalue weighted by molar-refractivity contribution is 0.415. The normalized spacial score (nSPS) is 14.0. The van der Waals surface area contributed by atoms with Crippen molar-refractivity contribution < 1.29 is 4.74 Å². The molecule has 35 heavy (non-hydrogen) atoms. The summed E-state index contributed by atoms with van der Waals surface area (Å²) in [7, 11) is 3.31. The summed E-state index contributed by atoms with van der Waals surface area (Å²) in [4.78, 5) is 36.8. The fourth-order valence-corrected chi connectivity index (χ4v) is 4.72. The van der Waals surface area contributed by atoms with Gasteiger partial charge in [0, 0.05) is 45.5 Å². The second-order valence-corrected chi connectivity index (χ2v) is 8.82. The molecule has 0 radical (unpaired) electrons. The highest BCUT2D eigenvalue weighted by Crippen LogP contribution is 2.25. The van der Waals surface area contributed by atoms with Crippen molar-refractivity contribution in [3.63, 3.8) is 0 Å². The first kappa shape index (κ1) is 22.8. The average molecular weight is 475 g/mol. The van der Waals surface area contributed by atoms with Crippen molar-refractivity contribution in [1.82, 2.24) is 19.1 Å². The van der Waals surface area contributed by atoms with E-state index in [0.717, 1.165) is 56.4 Å². The lowest BCUT2D eigenvalue weighted by Gasteiger charge is -2.36. The van der Waals surface area contributed by atoms with Gasteiger partial charge in [0.05, 0.1) is 7.11 Å². The molecule has 4 aromatic rings. The Morgan fingerprint density at radius 2 is 1.63 bits per heavy atom. The Hall–Kier alpha value is -4.01. The maximum Gasteiger partial charge on any atom is 0.329 e. The minimum Gasteiger partial charge on any atom is -0.497 e. The number of piperazine rings is 1. The van der Waals surface area contributed by atoms with Crippen molar-refractivity contribution in [2.75, 3.05) is 43.1 Å². The molecule has 5 rings (SSSR count). The molecule has 0 atom stereocenters. The van der Waals surface area contributed by atoms with E-state index in [-0.39, 0.29) is 0 Å². The molecule has 9 nitrogen and oxygen atoms in total. The van der Waals surface area contributed by atoms with Crippen LogP contribution in [-0.2, 0) is 20.0 Å². The van der Waals surface area contributed by atoms with Gasteiger partial charge in [-0.15, -0.1) is 0 Å².